The fourth-order valence-corrected chi connectivity index (χ4v) is 1.14. The lowest BCUT2D eigenvalue weighted by molar-refractivity contribution is -0.117. The largest absolute Gasteiger partial charge is 0.398 e. The molecule has 0 saturated carbocycles. The van der Waals surface area contributed by atoms with Crippen LogP contribution in [0.4, 0.5) is 5.69 Å². The summed E-state index contributed by atoms with van der Waals surface area (Å²) in [6.07, 6.45) is 0. The molecule has 0 aromatic heterocycles. The Balaban J connectivity index is 2.70. The number of benzene rings is 1. The molecule has 0 heterocycles. The number of carbonyl (C=O) groups excluding carboxylic acids is 2. The molecule has 0 unspecified atom stereocenters. The molecule has 1 aromatic carbocycles. The van der Waals surface area contributed by atoms with Crippen molar-refractivity contribution >= 4 is 29.1 Å². The Morgan fingerprint density at radius 3 is 2.69 bits per heavy atom. The van der Waals surface area contributed by atoms with Gasteiger partial charge < -0.3 is 11.1 Å². The van der Waals surface area contributed by atoms with Gasteiger partial charge in [-0.05, 0) is 18.2 Å². The van der Waals surface area contributed by atoms with Crippen molar-refractivity contribution in [1.29, 1.82) is 0 Å². The summed E-state index contributed by atoms with van der Waals surface area (Å²) in [6.45, 7) is -0.440. The number of nitrogen functional groups attached to an aromatic ring is 1. The zero-order valence-corrected chi connectivity index (χ0v) is 8.82. The Hall–Kier alpha value is -1.95. The van der Waals surface area contributed by atoms with Crippen molar-refractivity contribution < 1.29 is 9.59 Å². The van der Waals surface area contributed by atoms with Crippen LogP contribution >= 0.6 is 11.6 Å². The first-order chi connectivity index (χ1) is 7.54. The molecule has 0 aliphatic carbocycles. The van der Waals surface area contributed by atoms with E-state index in [0.717, 1.165) is 0 Å². The molecule has 6 nitrogen and oxygen atoms in total. The van der Waals surface area contributed by atoms with Crippen LogP contribution in [-0.4, -0.2) is 18.4 Å². The Labute approximate surface area is 95.7 Å². The maximum atomic E-state index is 11.4. The van der Waals surface area contributed by atoms with Gasteiger partial charge in [-0.25, -0.2) is 0 Å². The normalized spacial score (nSPS) is 9.56. The highest BCUT2D eigenvalue weighted by Crippen LogP contribution is 2.19. The van der Waals surface area contributed by atoms with Crippen LogP contribution in [0.5, 0.6) is 0 Å². The van der Waals surface area contributed by atoms with E-state index in [4.69, 9.17) is 17.3 Å². The molecule has 16 heavy (non-hydrogen) atoms. The van der Waals surface area contributed by atoms with E-state index in [9.17, 15) is 14.5 Å². The van der Waals surface area contributed by atoms with Crippen LogP contribution in [0.1, 0.15) is 10.4 Å². The lowest BCUT2D eigenvalue weighted by atomic mass is 10.2. The number of nitroso groups, excluding NO2 is 1. The molecular formula is C9H8ClN3O3. The summed E-state index contributed by atoms with van der Waals surface area (Å²) in [5.41, 5.74) is 6.06. The van der Waals surface area contributed by atoms with Crippen LogP contribution in [0.25, 0.3) is 0 Å². The minimum atomic E-state index is -0.949. The second-order valence-electron chi connectivity index (χ2n) is 2.90. The average molecular weight is 242 g/mol. The molecule has 0 saturated heterocycles. The predicted octanol–water partition coefficient (Wildman–Crippen LogP) is 0.945. The smallest absolute Gasteiger partial charge is 0.305 e. The highest BCUT2D eigenvalue weighted by Gasteiger charge is 2.09. The minimum Gasteiger partial charge on any atom is -0.398 e. The Bertz CT molecular complexity index is 448. The SMILES string of the molecule is Nc1ccc(C(=O)NCC(=O)N=O)cc1Cl. The number of hydrogen-bond donors (Lipinski definition) is 2. The summed E-state index contributed by atoms with van der Waals surface area (Å²) in [4.78, 5) is 31.7. The van der Waals surface area contributed by atoms with Gasteiger partial charge in [0.25, 0.3) is 5.91 Å². The van der Waals surface area contributed by atoms with Gasteiger partial charge in [-0.3, -0.25) is 9.59 Å². The van der Waals surface area contributed by atoms with Gasteiger partial charge in [0.15, 0.2) is 0 Å². The first kappa shape index (κ1) is 12.1. The van der Waals surface area contributed by atoms with Crippen molar-refractivity contribution in [1.82, 2.24) is 5.32 Å². The number of halogens is 1. The second kappa shape index (κ2) is 5.22. The summed E-state index contributed by atoms with van der Waals surface area (Å²) < 4.78 is 0. The van der Waals surface area contributed by atoms with Crippen molar-refractivity contribution in [2.75, 3.05) is 12.3 Å². The summed E-state index contributed by atoms with van der Waals surface area (Å²) in [5, 5.41) is 4.59. The molecule has 0 atom stereocenters. The molecule has 0 radical (unpaired) electrons. The third-order valence-electron chi connectivity index (χ3n) is 1.76. The van der Waals surface area contributed by atoms with E-state index in [1.807, 2.05) is 0 Å². The zero-order valence-electron chi connectivity index (χ0n) is 8.07. The van der Waals surface area contributed by atoms with Crippen LogP contribution in [0, 0.1) is 4.91 Å². The molecule has 0 fully saturated rings. The minimum absolute atomic E-state index is 0.243. The Kier molecular flexibility index (Phi) is 3.96. The third-order valence-corrected chi connectivity index (χ3v) is 2.09. The molecule has 0 aliphatic rings. The molecule has 0 aliphatic heterocycles. The maximum Gasteiger partial charge on any atom is 0.305 e. The van der Waals surface area contributed by atoms with Crippen LogP contribution in [0.15, 0.2) is 23.4 Å². The van der Waals surface area contributed by atoms with E-state index < -0.39 is 18.4 Å². The fourth-order valence-electron chi connectivity index (χ4n) is 0.959. The molecule has 7 heteroatoms. The number of nitrogens with two attached hydrogens (primary N) is 1. The van der Waals surface area contributed by atoms with Crippen LogP contribution < -0.4 is 11.1 Å². The van der Waals surface area contributed by atoms with Crippen molar-refractivity contribution in [2.24, 2.45) is 5.18 Å². The van der Waals surface area contributed by atoms with Crippen molar-refractivity contribution in [2.45, 2.75) is 0 Å². The average Bonchev–Trinajstić information content (AvgIpc) is 2.29. The van der Waals surface area contributed by atoms with Gasteiger partial charge >= 0.3 is 5.91 Å². The number of nitrogens with zero attached hydrogens (tertiary/aromatic N) is 1. The predicted molar refractivity (Wildman–Crippen MR) is 59.0 cm³/mol. The second-order valence-corrected chi connectivity index (χ2v) is 3.31. The quantitative estimate of drug-likeness (QED) is 0.607. The van der Waals surface area contributed by atoms with Gasteiger partial charge in [0.05, 0.1) is 10.7 Å². The number of rotatable bonds is 3. The van der Waals surface area contributed by atoms with Crippen LogP contribution in [0.2, 0.25) is 5.02 Å². The summed E-state index contributed by atoms with van der Waals surface area (Å²) >= 11 is 5.71. The van der Waals surface area contributed by atoms with E-state index >= 15 is 0 Å². The third kappa shape index (κ3) is 3.03. The summed E-state index contributed by atoms with van der Waals surface area (Å²) in [5.74, 6) is -1.48. The van der Waals surface area contributed by atoms with Gasteiger partial charge in [0, 0.05) is 10.7 Å². The summed E-state index contributed by atoms with van der Waals surface area (Å²) in [7, 11) is 0. The molecule has 1 rings (SSSR count). The molecule has 3 N–H and O–H groups in total. The molecule has 0 spiro atoms. The number of amides is 2. The fraction of sp³-hybridized carbons (Fsp3) is 0.111. The lowest BCUT2D eigenvalue weighted by Gasteiger charge is -2.03. The van der Waals surface area contributed by atoms with Crippen LogP contribution in [0.3, 0.4) is 0 Å². The van der Waals surface area contributed by atoms with Gasteiger partial charge in [0.2, 0.25) is 0 Å². The topological polar surface area (TPSA) is 102 Å². The highest BCUT2D eigenvalue weighted by atomic mass is 35.5. The van der Waals surface area contributed by atoms with Crippen LogP contribution in [-0.2, 0) is 4.79 Å². The van der Waals surface area contributed by atoms with E-state index in [0.29, 0.717) is 5.69 Å². The Morgan fingerprint density at radius 1 is 1.44 bits per heavy atom. The van der Waals surface area contributed by atoms with Gasteiger partial charge in [-0.2, -0.15) is 0 Å². The number of anilines is 1. The zero-order chi connectivity index (χ0) is 12.1. The van der Waals surface area contributed by atoms with Gasteiger partial charge in [-0.1, -0.05) is 11.6 Å². The molecule has 1 aromatic rings. The molecule has 2 amide bonds. The van der Waals surface area contributed by atoms with Gasteiger partial charge in [-0.15, -0.1) is 4.91 Å². The Morgan fingerprint density at radius 2 is 2.12 bits per heavy atom. The monoisotopic (exact) mass is 241 g/mol. The van der Waals surface area contributed by atoms with Crippen molar-refractivity contribution in [3.63, 3.8) is 0 Å². The number of hydrogen-bond acceptors (Lipinski definition) is 4. The lowest BCUT2D eigenvalue weighted by Crippen LogP contribution is -2.28. The van der Waals surface area contributed by atoms with E-state index in [-0.39, 0.29) is 10.6 Å². The van der Waals surface area contributed by atoms with Crippen molar-refractivity contribution in [3.8, 4) is 0 Å². The number of carbonyl (C=O) groups is 2. The molecule has 84 valence electrons. The summed E-state index contributed by atoms with van der Waals surface area (Å²) in [6, 6.07) is 4.29. The van der Waals surface area contributed by atoms with E-state index in [2.05, 4.69) is 10.5 Å². The maximum absolute atomic E-state index is 11.4. The molecular weight excluding hydrogens is 234 g/mol. The number of nitrogens with one attached hydrogen (secondary N) is 1. The highest BCUT2D eigenvalue weighted by molar-refractivity contribution is 6.33. The first-order valence-corrected chi connectivity index (χ1v) is 4.62. The van der Waals surface area contributed by atoms with E-state index in [1.54, 1.807) is 0 Å². The van der Waals surface area contributed by atoms with Gasteiger partial charge in [0.1, 0.15) is 6.54 Å². The van der Waals surface area contributed by atoms with E-state index in [1.165, 1.54) is 18.2 Å². The first-order valence-electron chi connectivity index (χ1n) is 4.24. The molecule has 0 bridgehead atoms. The standard InChI is InChI=1S/C9H8ClN3O3/c10-6-3-5(1-2-7(6)11)9(15)12-4-8(14)13-16/h1-3H,4,11H2,(H,12,15). The van der Waals surface area contributed by atoms with Crippen molar-refractivity contribution in [3.05, 3.63) is 33.7 Å².